The largest absolute Gasteiger partial charge is 0.390 e. The molecule has 1 aromatic rings. The van der Waals surface area contributed by atoms with Crippen LogP contribution >= 0.6 is 0 Å². The van der Waals surface area contributed by atoms with Crippen molar-refractivity contribution in [2.45, 2.75) is 38.7 Å². The third kappa shape index (κ3) is 2.70. The molecule has 1 unspecified atom stereocenters. The first-order valence-corrected chi connectivity index (χ1v) is 5.84. The van der Waals surface area contributed by atoms with Crippen molar-refractivity contribution in [3.63, 3.8) is 0 Å². The lowest BCUT2D eigenvalue weighted by molar-refractivity contribution is 0.0481. The van der Waals surface area contributed by atoms with Gasteiger partial charge in [-0.1, -0.05) is 0 Å². The number of aryl methyl sites for hydroxylation is 1. The molecule has 0 bridgehead atoms. The Balaban J connectivity index is 2.11. The van der Waals surface area contributed by atoms with Crippen molar-refractivity contribution in [1.82, 2.24) is 9.97 Å². The van der Waals surface area contributed by atoms with E-state index in [2.05, 4.69) is 14.9 Å². The molecule has 0 saturated carbocycles. The van der Waals surface area contributed by atoms with E-state index in [1.165, 1.54) is 0 Å². The minimum absolute atomic E-state index is 0.529. The van der Waals surface area contributed by atoms with Crippen LogP contribution in [0.15, 0.2) is 12.3 Å². The normalized spacial score (nSPS) is 26.6. The molecular formula is C12H19N3O. The lowest BCUT2D eigenvalue weighted by atomic mass is 9.98. The van der Waals surface area contributed by atoms with Crippen LogP contribution in [-0.4, -0.2) is 33.8 Å². The summed E-state index contributed by atoms with van der Waals surface area (Å²) in [6.45, 7) is 5.64. The third-order valence-electron chi connectivity index (χ3n) is 3.13. The first-order valence-electron chi connectivity index (χ1n) is 5.84. The molecule has 1 atom stereocenters. The molecule has 2 rings (SSSR count). The summed E-state index contributed by atoms with van der Waals surface area (Å²) in [7, 11) is 0. The second-order valence-electron chi connectivity index (χ2n) is 4.84. The Labute approximate surface area is 96.3 Å². The van der Waals surface area contributed by atoms with Gasteiger partial charge in [-0.25, -0.2) is 9.97 Å². The second-order valence-corrected chi connectivity index (χ2v) is 4.84. The zero-order chi connectivity index (χ0) is 11.6. The van der Waals surface area contributed by atoms with Gasteiger partial charge in [0.1, 0.15) is 0 Å². The Morgan fingerprint density at radius 3 is 2.94 bits per heavy atom. The molecule has 0 aliphatic carbocycles. The lowest BCUT2D eigenvalue weighted by Crippen LogP contribution is -2.29. The molecule has 2 heterocycles. The Kier molecular flexibility index (Phi) is 3.10. The van der Waals surface area contributed by atoms with E-state index in [9.17, 15) is 5.11 Å². The Morgan fingerprint density at radius 1 is 1.38 bits per heavy atom. The molecule has 4 nitrogen and oxygen atoms in total. The van der Waals surface area contributed by atoms with Gasteiger partial charge in [-0.3, -0.25) is 0 Å². The molecule has 1 fully saturated rings. The van der Waals surface area contributed by atoms with Crippen LogP contribution in [-0.2, 0) is 0 Å². The third-order valence-corrected chi connectivity index (χ3v) is 3.13. The standard InChI is InChI=1S/C12H19N3O/c1-10-4-7-13-11(14-10)15-8-3-5-12(2,16)6-9-15/h4,7,16H,3,5-6,8-9H2,1-2H3. The van der Waals surface area contributed by atoms with Gasteiger partial charge in [0, 0.05) is 25.0 Å². The smallest absolute Gasteiger partial charge is 0.225 e. The quantitative estimate of drug-likeness (QED) is 0.781. The summed E-state index contributed by atoms with van der Waals surface area (Å²) in [5.74, 6) is 0.790. The van der Waals surface area contributed by atoms with Gasteiger partial charge in [0.15, 0.2) is 0 Å². The van der Waals surface area contributed by atoms with Gasteiger partial charge in [-0.2, -0.15) is 0 Å². The van der Waals surface area contributed by atoms with Gasteiger partial charge in [-0.15, -0.1) is 0 Å². The van der Waals surface area contributed by atoms with Crippen LogP contribution in [0.1, 0.15) is 31.9 Å². The fourth-order valence-electron chi connectivity index (χ4n) is 2.05. The number of anilines is 1. The molecular weight excluding hydrogens is 202 g/mol. The van der Waals surface area contributed by atoms with E-state index in [0.717, 1.165) is 44.0 Å². The van der Waals surface area contributed by atoms with Crippen LogP contribution in [0.2, 0.25) is 0 Å². The summed E-state index contributed by atoms with van der Waals surface area (Å²) in [6, 6.07) is 1.90. The number of hydrogen-bond acceptors (Lipinski definition) is 4. The first kappa shape index (κ1) is 11.3. The highest BCUT2D eigenvalue weighted by atomic mass is 16.3. The van der Waals surface area contributed by atoms with Gasteiger partial charge in [0.2, 0.25) is 5.95 Å². The van der Waals surface area contributed by atoms with Crippen molar-refractivity contribution in [1.29, 1.82) is 0 Å². The van der Waals surface area contributed by atoms with Crippen molar-refractivity contribution < 1.29 is 5.11 Å². The van der Waals surface area contributed by atoms with Gasteiger partial charge in [0.25, 0.3) is 0 Å². The maximum atomic E-state index is 10.0. The fourth-order valence-corrected chi connectivity index (χ4v) is 2.05. The molecule has 88 valence electrons. The summed E-state index contributed by atoms with van der Waals surface area (Å²) < 4.78 is 0. The molecule has 1 aliphatic heterocycles. The van der Waals surface area contributed by atoms with Crippen LogP contribution in [0.25, 0.3) is 0 Å². The van der Waals surface area contributed by atoms with E-state index in [4.69, 9.17) is 0 Å². The van der Waals surface area contributed by atoms with E-state index in [-0.39, 0.29) is 0 Å². The van der Waals surface area contributed by atoms with Crippen LogP contribution in [0.4, 0.5) is 5.95 Å². The molecule has 0 radical (unpaired) electrons. The Hall–Kier alpha value is -1.16. The molecule has 0 amide bonds. The summed E-state index contributed by atoms with van der Waals surface area (Å²) in [4.78, 5) is 10.9. The average Bonchev–Trinajstić information content (AvgIpc) is 2.39. The highest BCUT2D eigenvalue weighted by Crippen LogP contribution is 2.23. The molecule has 4 heteroatoms. The summed E-state index contributed by atoms with van der Waals surface area (Å²) >= 11 is 0. The zero-order valence-electron chi connectivity index (χ0n) is 9.98. The maximum absolute atomic E-state index is 10.0. The highest BCUT2D eigenvalue weighted by Gasteiger charge is 2.25. The van der Waals surface area contributed by atoms with Crippen molar-refractivity contribution in [3.8, 4) is 0 Å². The van der Waals surface area contributed by atoms with E-state index in [1.807, 2.05) is 19.9 Å². The number of aromatic nitrogens is 2. The second kappa shape index (κ2) is 4.37. The lowest BCUT2D eigenvalue weighted by Gasteiger charge is -2.22. The van der Waals surface area contributed by atoms with E-state index >= 15 is 0 Å². The predicted octanol–water partition coefficient (Wildman–Crippen LogP) is 1.53. The molecule has 1 N–H and O–H groups in total. The minimum Gasteiger partial charge on any atom is -0.390 e. The highest BCUT2D eigenvalue weighted by molar-refractivity contribution is 5.30. The first-order chi connectivity index (χ1) is 7.57. The van der Waals surface area contributed by atoms with Crippen molar-refractivity contribution >= 4 is 5.95 Å². The van der Waals surface area contributed by atoms with Crippen molar-refractivity contribution in [2.24, 2.45) is 0 Å². The fraction of sp³-hybridized carbons (Fsp3) is 0.667. The van der Waals surface area contributed by atoms with Gasteiger partial charge in [-0.05, 0) is 39.2 Å². The van der Waals surface area contributed by atoms with Gasteiger partial charge >= 0.3 is 0 Å². The van der Waals surface area contributed by atoms with E-state index < -0.39 is 5.60 Å². The van der Waals surface area contributed by atoms with Crippen LogP contribution in [0.5, 0.6) is 0 Å². The average molecular weight is 221 g/mol. The molecule has 0 aromatic carbocycles. The molecule has 1 saturated heterocycles. The minimum atomic E-state index is -0.529. The molecule has 1 aliphatic rings. The summed E-state index contributed by atoms with van der Waals surface area (Å²) in [5, 5.41) is 10.0. The van der Waals surface area contributed by atoms with Crippen LogP contribution < -0.4 is 4.90 Å². The van der Waals surface area contributed by atoms with E-state index in [1.54, 1.807) is 6.20 Å². The van der Waals surface area contributed by atoms with Crippen molar-refractivity contribution in [3.05, 3.63) is 18.0 Å². The monoisotopic (exact) mass is 221 g/mol. The Morgan fingerprint density at radius 2 is 2.19 bits per heavy atom. The topological polar surface area (TPSA) is 49.2 Å². The number of rotatable bonds is 1. The van der Waals surface area contributed by atoms with Crippen molar-refractivity contribution in [2.75, 3.05) is 18.0 Å². The summed E-state index contributed by atoms with van der Waals surface area (Å²) in [5.41, 5.74) is 0.458. The number of hydrogen-bond donors (Lipinski definition) is 1. The zero-order valence-corrected chi connectivity index (χ0v) is 9.98. The van der Waals surface area contributed by atoms with Crippen LogP contribution in [0, 0.1) is 6.92 Å². The van der Waals surface area contributed by atoms with Crippen LogP contribution in [0.3, 0.4) is 0 Å². The predicted molar refractivity (Wildman–Crippen MR) is 63.5 cm³/mol. The molecule has 0 spiro atoms. The summed E-state index contributed by atoms with van der Waals surface area (Å²) in [6.07, 6.45) is 4.42. The molecule has 16 heavy (non-hydrogen) atoms. The maximum Gasteiger partial charge on any atom is 0.225 e. The van der Waals surface area contributed by atoms with Gasteiger partial charge in [0.05, 0.1) is 5.60 Å². The molecule has 1 aromatic heterocycles. The van der Waals surface area contributed by atoms with Gasteiger partial charge < -0.3 is 10.0 Å². The number of aliphatic hydroxyl groups is 1. The number of nitrogens with zero attached hydrogens (tertiary/aromatic N) is 3. The van der Waals surface area contributed by atoms with E-state index in [0.29, 0.717) is 0 Å². The Bertz CT molecular complexity index is 365. The SMILES string of the molecule is Cc1ccnc(N2CCCC(C)(O)CC2)n1.